The molecule has 0 bridgehead atoms. The first-order valence-electron chi connectivity index (χ1n) is 6.07. The highest BCUT2D eigenvalue weighted by Gasteiger charge is 2.17. The number of imidazole rings is 1. The third-order valence-electron chi connectivity index (χ3n) is 3.14. The third-order valence-corrected chi connectivity index (χ3v) is 3.14. The Morgan fingerprint density at radius 3 is 2.89 bits per heavy atom. The molecule has 0 amide bonds. The van der Waals surface area contributed by atoms with E-state index >= 15 is 0 Å². The van der Waals surface area contributed by atoms with Gasteiger partial charge in [0.05, 0.1) is 17.3 Å². The average Bonchev–Trinajstić information content (AvgIpc) is 2.76. The molecule has 2 heterocycles. The summed E-state index contributed by atoms with van der Waals surface area (Å²) in [4.78, 5) is 8.50. The Labute approximate surface area is 109 Å². The molecule has 2 N–H and O–H groups in total. The first kappa shape index (κ1) is 11.6. The van der Waals surface area contributed by atoms with Crippen molar-refractivity contribution in [1.29, 1.82) is 0 Å². The van der Waals surface area contributed by atoms with Crippen LogP contribution in [0, 0.1) is 5.82 Å². The zero-order valence-corrected chi connectivity index (χ0v) is 10.5. The lowest BCUT2D eigenvalue weighted by Crippen LogP contribution is -2.02. The first-order valence-corrected chi connectivity index (χ1v) is 6.07. The molecule has 0 aliphatic rings. The molecule has 96 valence electrons. The van der Waals surface area contributed by atoms with Crippen molar-refractivity contribution in [2.45, 2.75) is 13.5 Å². The lowest BCUT2D eigenvalue weighted by atomic mass is 10.1. The molecule has 4 nitrogen and oxygen atoms in total. The molecule has 19 heavy (non-hydrogen) atoms. The highest BCUT2D eigenvalue weighted by Crippen LogP contribution is 2.30. The Bertz CT molecular complexity index is 728. The molecule has 5 heteroatoms. The van der Waals surface area contributed by atoms with Gasteiger partial charge in [0, 0.05) is 18.4 Å². The number of fused-ring (bicyclic) bond motifs is 1. The van der Waals surface area contributed by atoms with Crippen LogP contribution in [0.4, 0.5) is 10.1 Å². The van der Waals surface area contributed by atoms with Crippen molar-refractivity contribution in [1.82, 2.24) is 14.5 Å². The van der Waals surface area contributed by atoms with Gasteiger partial charge in [0.2, 0.25) is 0 Å². The summed E-state index contributed by atoms with van der Waals surface area (Å²) in [6.45, 7) is 2.67. The molecule has 1 aromatic carbocycles. The second-order valence-corrected chi connectivity index (χ2v) is 4.25. The average molecular weight is 256 g/mol. The second kappa shape index (κ2) is 4.35. The van der Waals surface area contributed by atoms with Crippen LogP contribution in [0.5, 0.6) is 0 Å². The molecular formula is C14H13FN4. The molecule has 0 aliphatic carbocycles. The molecule has 3 rings (SSSR count). The predicted molar refractivity (Wildman–Crippen MR) is 73.0 cm³/mol. The summed E-state index contributed by atoms with van der Waals surface area (Å²) in [5.41, 5.74) is 8.29. The summed E-state index contributed by atoms with van der Waals surface area (Å²) in [6.07, 6.45) is 3.37. The van der Waals surface area contributed by atoms with E-state index in [-0.39, 0.29) is 5.82 Å². The van der Waals surface area contributed by atoms with Crippen molar-refractivity contribution < 1.29 is 4.39 Å². The Morgan fingerprint density at radius 2 is 2.16 bits per heavy atom. The number of aromatic nitrogens is 3. The van der Waals surface area contributed by atoms with E-state index < -0.39 is 0 Å². The normalized spacial score (nSPS) is 11.1. The van der Waals surface area contributed by atoms with Crippen molar-refractivity contribution >= 4 is 16.7 Å². The topological polar surface area (TPSA) is 56.7 Å². The van der Waals surface area contributed by atoms with Crippen molar-refractivity contribution in [2.75, 3.05) is 5.73 Å². The number of pyridine rings is 1. The summed E-state index contributed by atoms with van der Waals surface area (Å²) >= 11 is 0. The predicted octanol–water partition coefficient (Wildman–Crippen LogP) is 2.84. The Hall–Kier alpha value is -2.43. The van der Waals surface area contributed by atoms with E-state index in [0.29, 0.717) is 23.6 Å². The Kier molecular flexibility index (Phi) is 2.67. The smallest absolute Gasteiger partial charge is 0.146 e. The molecule has 3 aromatic rings. The highest BCUT2D eigenvalue weighted by molar-refractivity contribution is 5.83. The maximum absolute atomic E-state index is 14.0. The van der Waals surface area contributed by atoms with Crippen LogP contribution in [0.25, 0.3) is 22.4 Å². The fourth-order valence-electron chi connectivity index (χ4n) is 2.27. The van der Waals surface area contributed by atoms with Crippen molar-refractivity contribution in [3.8, 4) is 11.4 Å². The first-order chi connectivity index (χ1) is 9.22. The zero-order valence-electron chi connectivity index (χ0n) is 10.5. The number of nitrogens with two attached hydrogens (primary N) is 1. The fraction of sp³-hybridized carbons (Fsp3) is 0.143. The zero-order chi connectivity index (χ0) is 13.4. The van der Waals surface area contributed by atoms with Crippen LogP contribution in [0.3, 0.4) is 0 Å². The van der Waals surface area contributed by atoms with Crippen LogP contribution < -0.4 is 5.73 Å². The molecule has 0 saturated heterocycles. The summed E-state index contributed by atoms with van der Waals surface area (Å²) in [6, 6.07) is 6.53. The Morgan fingerprint density at radius 1 is 1.32 bits per heavy atom. The second-order valence-electron chi connectivity index (χ2n) is 4.25. The van der Waals surface area contributed by atoms with Gasteiger partial charge in [-0.2, -0.15) is 0 Å². The number of hydrogen-bond donors (Lipinski definition) is 1. The largest absolute Gasteiger partial charge is 0.398 e. The molecule has 0 fully saturated rings. The molecule has 0 radical (unpaired) electrons. The molecule has 0 spiro atoms. The molecular weight excluding hydrogens is 243 g/mol. The SMILES string of the molecule is CCn1c(-c2c(N)cccc2F)nc2cnccc21. The van der Waals surface area contributed by atoms with E-state index in [0.717, 1.165) is 11.0 Å². The van der Waals surface area contributed by atoms with E-state index in [2.05, 4.69) is 9.97 Å². The molecule has 0 aliphatic heterocycles. The van der Waals surface area contributed by atoms with Gasteiger partial charge < -0.3 is 10.3 Å². The van der Waals surface area contributed by atoms with Gasteiger partial charge in [0.25, 0.3) is 0 Å². The van der Waals surface area contributed by atoms with Crippen molar-refractivity contribution in [3.63, 3.8) is 0 Å². The van der Waals surface area contributed by atoms with Crippen LogP contribution in [-0.4, -0.2) is 14.5 Å². The quantitative estimate of drug-likeness (QED) is 0.717. The number of nitrogen functional groups attached to an aromatic ring is 1. The molecule has 0 atom stereocenters. The maximum Gasteiger partial charge on any atom is 0.146 e. The van der Waals surface area contributed by atoms with Gasteiger partial charge in [-0.3, -0.25) is 4.98 Å². The lowest BCUT2D eigenvalue weighted by Gasteiger charge is -2.09. The minimum absolute atomic E-state index is 0.348. The number of hydrogen-bond acceptors (Lipinski definition) is 3. The van der Waals surface area contributed by atoms with Crippen LogP contribution in [0.2, 0.25) is 0 Å². The molecule has 2 aromatic heterocycles. The number of halogens is 1. The van der Waals surface area contributed by atoms with Crippen LogP contribution in [0.15, 0.2) is 36.7 Å². The number of rotatable bonds is 2. The van der Waals surface area contributed by atoms with Crippen LogP contribution >= 0.6 is 0 Å². The van der Waals surface area contributed by atoms with Gasteiger partial charge >= 0.3 is 0 Å². The van der Waals surface area contributed by atoms with Crippen LogP contribution in [0.1, 0.15) is 6.92 Å². The monoisotopic (exact) mass is 256 g/mol. The lowest BCUT2D eigenvalue weighted by molar-refractivity contribution is 0.628. The van der Waals surface area contributed by atoms with Crippen molar-refractivity contribution in [2.24, 2.45) is 0 Å². The van der Waals surface area contributed by atoms with Gasteiger partial charge in [0.15, 0.2) is 0 Å². The van der Waals surface area contributed by atoms with Gasteiger partial charge in [-0.05, 0) is 25.1 Å². The number of benzene rings is 1. The maximum atomic E-state index is 14.0. The van der Waals surface area contributed by atoms with Gasteiger partial charge in [0.1, 0.15) is 17.2 Å². The van der Waals surface area contributed by atoms with E-state index in [1.165, 1.54) is 6.07 Å². The Balaban J connectivity index is 2.37. The summed E-state index contributed by atoms with van der Waals surface area (Å²) in [7, 11) is 0. The summed E-state index contributed by atoms with van der Waals surface area (Å²) in [5.74, 6) is 0.180. The number of nitrogens with zero attached hydrogens (tertiary/aromatic N) is 3. The van der Waals surface area contributed by atoms with E-state index in [9.17, 15) is 4.39 Å². The standard InChI is InChI=1S/C14H13FN4/c1-2-19-12-6-7-17-8-11(12)18-14(19)13-9(15)4-3-5-10(13)16/h3-8H,2,16H2,1H3. The van der Waals surface area contributed by atoms with Crippen LogP contribution in [-0.2, 0) is 6.54 Å². The molecule has 0 saturated carbocycles. The van der Waals surface area contributed by atoms with Crippen molar-refractivity contribution in [3.05, 3.63) is 42.5 Å². The number of aryl methyl sites for hydroxylation is 1. The number of anilines is 1. The highest BCUT2D eigenvalue weighted by atomic mass is 19.1. The van der Waals surface area contributed by atoms with Gasteiger partial charge in [-0.15, -0.1) is 0 Å². The summed E-state index contributed by atoms with van der Waals surface area (Å²) in [5, 5.41) is 0. The fourth-order valence-corrected chi connectivity index (χ4v) is 2.27. The van der Waals surface area contributed by atoms with Gasteiger partial charge in [-0.25, -0.2) is 9.37 Å². The summed E-state index contributed by atoms with van der Waals surface area (Å²) < 4.78 is 16.0. The van der Waals surface area contributed by atoms with E-state index in [4.69, 9.17) is 5.73 Å². The van der Waals surface area contributed by atoms with E-state index in [1.807, 2.05) is 17.6 Å². The van der Waals surface area contributed by atoms with Gasteiger partial charge in [-0.1, -0.05) is 6.07 Å². The van der Waals surface area contributed by atoms with E-state index in [1.54, 1.807) is 24.5 Å². The molecule has 0 unspecified atom stereocenters. The minimum Gasteiger partial charge on any atom is -0.398 e. The minimum atomic E-state index is -0.363. The third kappa shape index (κ3) is 1.74.